The van der Waals surface area contributed by atoms with Crippen molar-refractivity contribution in [3.8, 4) is 0 Å². The maximum Gasteiger partial charge on any atom is 0.356 e. The zero-order chi connectivity index (χ0) is 24.0. The Bertz CT molecular complexity index is 1280. The van der Waals surface area contributed by atoms with Crippen LogP contribution in [0.4, 0.5) is 5.69 Å². The first-order valence-electron chi connectivity index (χ1n) is 10.8. The molecule has 0 aliphatic carbocycles. The summed E-state index contributed by atoms with van der Waals surface area (Å²) in [6, 6.07) is 5.38. The molecular formula is C22H29N5O5S. The molecule has 10 nitrogen and oxygen atoms in total. The fourth-order valence-corrected chi connectivity index (χ4v) is 5.14. The number of hydrogen-bond donors (Lipinski definition) is 1. The molecule has 33 heavy (non-hydrogen) atoms. The molecule has 0 bridgehead atoms. The average Bonchev–Trinajstić information content (AvgIpc) is 3.40. The summed E-state index contributed by atoms with van der Waals surface area (Å²) in [7, 11) is -2.63. The van der Waals surface area contributed by atoms with Gasteiger partial charge < -0.3 is 14.4 Å². The molecule has 1 aliphatic heterocycles. The van der Waals surface area contributed by atoms with Gasteiger partial charge in [0, 0.05) is 32.2 Å². The highest BCUT2D eigenvalue weighted by Crippen LogP contribution is 2.31. The Kier molecular flexibility index (Phi) is 5.95. The summed E-state index contributed by atoms with van der Waals surface area (Å²) in [5, 5.41) is 9.05. The van der Waals surface area contributed by atoms with Gasteiger partial charge in [-0.3, -0.25) is 4.31 Å². The van der Waals surface area contributed by atoms with Crippen LogP contribution in [0.5, 0.6) is 0 Å². The van der Waals surface area contributed by atoms with Crippen molar-refractivity contribution in [3.05, 3.63) is 42.2 Å². The topological polar surface area (TPSA) is 120 Å². The minimum Gasteiger partial charge on any atom is -0.476 e. The SMILES string of the molecule is CN(c1ccc2c(c1)nc(C(C)(C)C)n2CC1CCOCC1)S(=O)(=O)n1cnc(C(=O)O)c1. The number of ether oxygens (including phenoxy) is 1. The Morgan fingerprint density at radius 2 is 1.97 bits per heavy atom. The van der Waals surface area contributed by atoms with Crippen LogP contribution in [-0.4, -0.2) is 58.3 Å². The van der Waals surface area contributed by atoms with Crippen LogP contribution in [0, 0.1) is 5.92 Å². The largest absolute Gasteiger partial charge is 0.476 e. The molecule has 0 amide bonds. The molecule has 1 fully saturated rings. The van der Waals surface area contributed by atoms with Crippen LogP contribution < -0.4 is 4.31 Å². The van der Waals surface area contributed by atoms with Gasteiger partial charge in [-0.15, -0.1) is 0 Å². The van der Waals surface area contributed by atoms with Crippen LogP contribution in [-0.2, 0) is 26.9 Å². The summed E-state index contributed by atoms with van der Waals surface area (Å²) in [4.78, 5) is 19.6. The second-order valence-corrected chi connectivity index (χ2v) is 11.3. The first-order valence-corrected chi connectivity index (χ1v) is 12.2. The summed E-state index contributed by atoms with van der Waals surface area (Å²) < 4.78 is 35.7. The molecule has 178 valence electrons. The predicted octanol–water partition coefficient (Wildman–Crippen LogP) is 2.88. The molecule has 1 aromatic carbocycles. The molecule has 3 aromatic rings. The van der Waals surface area contributed by atoms with Gasteiger partial charge in [0.05, 0.1) is 22.9 Å². The van der Waals surface area contributed by atoms with E-state index in [1.54, 1.807) is 12.1 Å². The van der Waals surface area contributed by atoms with Gasteiger partial charge in [0.25, 0.3) is 0 Å². The molecule has 11 heteroatoms. The molecule has 2 aromatic heterocycles. The van der Waals surface area contributed by atoms with E-state index in [2.05, 4.69) is 30.3 Å². The Hall–Kier alpha value is -2.92. The second-order valence-electron chi connectivity index (χ2n) is 9.39. The van der Waals surface area contributed by atoms with Gasteiger partial charge in [-0.2, -0.15) is 8.42 Å². The highest BCUT2D eigenvalue weighted by Gasteiger charge is 2.27. The monoisotopic (exact) mass is 475 g/mol. The highest BCUT2D eigenvalue weighted by molar-refractivity contribution is 7.91. The van der Waals surface area contributed by atoms with E-state index >= 15 is 0 Å². The third-order valence-electron chi connectivity index (χ3n) is 5.94. The zero-order valence-electron chi connectivity index (χ0n) is 19.2. The molecule has 3 heterocycles. The van der Waals surface area contributed by atoms with E-state index in [4.69, 9.17) is 14.8 Å². The van der Waals surface area contributed by atoms with Crippen molar-refractivity contribution in [2.24, 2.45) is 5.92 Å². The van der Waals surface area contributed by atoms with E-state index in [9.17, 15) is 13.2 Å². The van der Waals surface area contributed by atoms with Crippen LogP contribution in [0.3, 0.4) is 0 Å². The lowest BCUT2D eigenvalue weighted by Gasteiger charge is -2.26. The van der Waals surface area contributed by atoms with Gasteiger partial charge in [0.2, 0.25) is 0 Å². The first-order chi connectivity index (χ1) is 15.5. The standard InChI is InChI=1S/C22H29N5O5S/c1-22(2,3)21-24-17-11-16(5-6-19(17)27(21)12-15-7-9-32-10-8-15)25(4)33(30,31)26-13-18(20(28)29)23-14-26/h5-6,11,13-15H,7-10,12H2,1-4H3,(H,28,29). The van der Waals surface area contributed by atoms with E-state index in [1.807, 2.05) is 6.07 Å². The fourth-order valence-electron chi connectivity index (χ4n) is 4.08. The van der Waals surface area contributed by atoms with Crippen molar-refractivity contribution in [2.45, 2.75) is 45.6 Å². The molecule has 0 radical (unpaired) electrons. The lowest BCUT2D eigenvalue weighted by atomic mass is 9.94. The lowest BCUT2D eigenvalue weighted by Crippen LogP contribution is -2.31. The van der Waals surface area contributed by atoms with Crippen molar-refractivity contribution in [1.82, 2.24) is 18.5 Å². The van der Waals surface area contributed by atoms with Gasteiger partial charge in [-0.05, 0) is 37.0 Å². The Balaban J connectivity index is 1.72. The van der Waals surface area contributed by atoms with Gasteiger partial charge in [-0.25, -0.2) is 18.7 Å². The number of carboxylic acids is 1. The number of rotatable bonds is 6. The van der Waals surface area contributed by atoms with Crippen LogP contribution in [0.15, 0.2) is 30.7 Å². The van der Waals surface area contributed by atoms with Crippen molar-refractivity contribution >= 4 is 32.9 Å². The summed E-state index contributed by atoms with van der Waals surface area (Å²) in [5.74, 6) is 0.162. The summed E-state index contributed by atoms with van der Waals surface area (Å²) in [5.41, 5.74) is 1.56. The predicted molar refractivity (Wildman–Crippen MR) is 124 cm³/mol. The maximum atomic E-state index is 13.0. The number of carbonyl (C=O) groups is 1. The second kappa shape index (κ2) is 8.45. The third kappa shape index (κ3) is 4.47. The quantitative estimate of drug-likeness (QED) is 0.582. The number of fused-ring (bicyclic) bond motifs is 1. The van der Waals surface area contributed by atoms with Crippen LogP contribution in [0.25, 0.3) is 11.0 Å². The first kappa shape index (κ1) is 23.2. The Morgan fingerprint density at radius 3 is 2.58 bits per heavy atom. The van der Waals surface area contributed by atoms with E-state index in [0.29, 0.717) is 17.1 Å². The molecule has 1 aliphatic rings. The number of hydrogen-bond acceptors (Lipinski definition) is 6. The van der Waals surface area contributed by atoms with Gasteiger partial charge >= 0.3 is 16.2 Å². The average molecular weight is 476 g/mol. The van der Waals surface area contributed by atoms with E-state index in [0.717, 1.165) is 64.7 Å². The minimum atomic E-state index is -4.05. The molecular weight excluding hydrogens is 446 g/mol. The minimum absolute atomic E-state index is 0.188. The molecule has 1 saturated heterocycles. The van der Waals surface area contributed by atoms with Crippen molar-refractivity contribution in [3.63, 3.8) is 0 Å². The van der Waals surface area contributed by atoms with Crippen LogP contribution >= 0.6 is 0 Å². The number of imidazole rings is 2. The number of nitrogens with zero attached hydrogens (tertiary/aromatic N) is 5. The summed E-state index contributed by atoms with van der Waals surface area (Å²) in [6.07, 6.45) is 3.97. The Labute approximate surface area is 193 Å². The number of aromatic nitrogens is 4. The van der Waals surface area contributed by atoms with Crippen molar-refractivity contribution in [1.29, 1.82) is 0 Å². The molecule has 0 atom stereocenters. The number of anilines is 1. The van der Waals surface area contributed by atoms with E-state index < -0.39 is 16.2 Å². The molecule has 1 N–H and O–H groups in total. The van der Waals surface area contributed by atoms with Crippen molar-refractivity contribution < 1.29 is 23.1 Å². The summed E-state index contributed by atoms with van der Waals surface area (Å²) in [6.45, 7) is 8.73. The zero-order valence-corrected chi connectivity index (χ0v) is 20.0. The normalized spacial score (nSPS) is 15.8. The van der Waals surface area contributed by atoms with Crippen molar-refractivity contribution in [2.75, 3.05) is 24.6 Å². The third-order valence-corrected chi connectivity index (χ3v) is 7.58. The van der Waals surface area contributed by atoms with Gasteiger partial charge in [0.15, 0.2) is 5.69 Å². The molecule has 0 spiro atoms. The molecule has 0 saturated carbocycles. The fraction of sp³-hybridized carbons (Fsp3) is 0.500. The smallest absolute Gasteiger partial charge is 0.356 e. The Morgan fingerprint density at radius 1 is 1.27 bits per heavy atom. The highest BCUT2D eigenvalue weighted by atomic mass is 32.2. The van der Waals surface area contributed by atoms with E-state index in [1.165, 1.54) is 7.05 Å². The van der Waals surface area contributed by atoms with Crippen LogP contribution in [0.1, 0.15) is 49.9 Å². The van der Waals surface area contributed by atoms with Gasteiger partial charge in [0.1, 0.15) is 12.2 Å². The van der Waals surface area contributed by atoms with Crippen LogP contribution in [0.2, 0.25) is 0 Å². The summed E-state index contributed by atoms with van der Waals surface area (Å²) >= 11 is 0. The molecule has 0 unspecified atom stereocenters. The lowest BCUT2D eigenvalue weighted by molar-refractivity contribution is 0.0611. The number of carboxylic acid groups (broad SMARTS) is 1. The number of aromatic carboxylic acids is 1. The number of benzene rings is 1. The van der Waals surface area contributed by atoms with Gasteiger partial charge in [-0.1, -0.05) is 20.8 Å². The molecule has 4 rings (SSSR count). The maximum absolute atomic E-state index is 13.0. The van der Waals surface area contributed by atoms with E-state index in [-0.39, 0.29) is 11.1 Å².